The van der Waals surface area contributed by atoms with Crippen molar-refractivity contribution in [2.45, 2.75) is 75.7 Å². The Morgan fingerprint density at radius 2 is 2.18 bits per heavy atom. The van der Waals surface area contributed by atoms with Gasteiger partial charge < -0.3 is 15.2 Å². The van der Waals surface area contributed by atoms with Crippen molar-refractivity contribution in [3.05, 3.63) is 0 Å². The number of hydrogen-bond acceptors (Lipinski definition) is 3. The van der Waals surface area contributed by atoms with Crippen LogP contribution in [0.25, 0.3) is 0 Å². The monoisotopic (exact) mass is 239 g/mol. The van der Waals surface area contributed by atoms with Crippen molar-refractivity contribution in [3.63, 3.8) is 0 Å². The zero-order valence-electron chi connectivity index (χ0n) is 10.6. The van der Waals surface area contributed by atoms with Crippen LogP contribution in [0.3, 0.4) is 0 Å². The number of nitrogens with two attached hydrogens (primary N) is 1. The summed E-state index contributed by atoms with van der Waals surface area (Å²) >= 11 is 0. The van der Waals surface area contributed by atoms with E-state index in [1.807, 2.05) is 0 Å². The maximum atomic E-state index is 6.33. The summed E-state index contributed by atoms with van der Waals surface area (Å²) in [5.74, 6) is 0.637. The smallest absolute Gasteiger partial charge is 0.0623 e. The minimum Gasteiger partial charge on any atom is -0.378 e. The van der Waals surface area contributed by atoms with Gasteiger partial charge in [-0.1, -0.05) is 0 Å². The quantitative estimate of drug-likeness (QED) is 0.800. The molecule has 3 saturated heterocycles. The molecule has 5 unspecified atom stereocenters. The van der Waals surface area contributed by atoms with Gasteiger partial charge >= 0.3 is 0 Å². The van der Waals surface area contributed by atoms with Crippen LogP contribution in [0.4, 0.5) is 0 Å². The first-order valence-corrected chi connectivity index (χ1v) is 7.35. The van der Waals surface area contributed by atoms with Crippen molar-refractivity contribution >= 4 is 0 Å². The molecule has 0 aliphatic carbocycles. The van der Waals surface area contributed by atoms with E-state index >= 15 is 0 Å². The Bertz CT molecular complexity index is 253. The van der Waals surface area contributed by atoms with E-state index in [1.165, 1.54) is 44.9 Å². The average molecular weight is 239 g/mol. The van der Waals surface area contributed by atoms with E-state index in [1.54, 1.807) is 0 Å². The molecule has 2 bridgehead atoms. The predicted molar refractivity (Wildman–Crippen MR) is 66.8 cm³/mol. The summed E-state index contributed by atoms with van der Waals surface area (Å²) in [7, 11) is 0. The Labute approximate surface area is 104 Å². The summed E-state index contributed by atoms with van der Waals surface area (Å²) < 4.78 is 11.5. The molecule has 0 aromatic rings. The third-order valence-electron chi connectivity index (χ3n) is 4.79. The Morgan fingerprint density at radius 3 is 2.82 bits per heavy atom. The van der Waals surface area contributed by atoms with Crippen LogP contribution in [-0.2, 0) is 9.47 Å². The van der Waals surface area contributed by atoms with Crippen molar-refractivity contribution in [1.29, 1.82) is 0 Å². The van der Waals surface area contributed by atoms with Crippen LogP contribution in [0.15, 0.2) is 0 Å². The van der Waals surface area contributed by atoms with Crippen LogP contribution in [0, 0.1) is 5.92 Å². The van der Waals surface area contributed by atoms with Crippen molar-refractivity contribution in [1.82, 2.24) is 0 Å². The van der Waals surface area contributed by atoms with Gasteiger partial charge in [0.25, 0.3) is 0 Å². The molecule has 3 fully saturated rings. The first-order chi connectivity index (χ1) is 8.33. The SMILES string of the molecule is NC(CCCC1CCCO1)C1CC2CCC1O2. The Kier molecular flexibility index (Phi) is 3.69. The topological polar surface area (TPSA) is 44.5 Å². The second-order valence-corrected chi connectivity index (χ2v) is 6.00. The highest BCUT2D eigenvalue weighted by Gasteiger charge is 2.43. The molecule has 3 aliphatic rings. The zero-order valence-corrected chi connectivity index (χ0v) is 10.6. The second kappa shape index (κ2) is 5.25. The van der Waals surface area contributed by atoms with Crippen molar-refractivity contribution < 1.29 is 9.47 Å². The molecule has 2 N–H and O–H groups in total. The highest BCUT2D eigenvalue weighted by molar-refractivity contribution is 4.94. The van der Waals surface area contributed by atoms with Gasteiger partial charge in [-0.2, -0.15) is 0 Å². The van der Waals surface area contributed by atoms with Gasteiger partial charge in [0.05, 0.1) is 18.3 Å². The minimum atomic E-state index is 0.353. The average Bonchev–Trinajstić information content (AvgIpc) is 3.05. The fraction of sp³-hybridized carbons (Fsp3) is 1.00. The summed E-state index contributed by atoms with van der Waals surface area (Å²) in [4.78, 5) is 0. The molecule has 3 rings (SSSR count). The molecule has 98 valence electrons. The van der Waals surface area contributed by atoms with Gasteiger partial charge in [-0.25, -0.2) is 0 Å². The van der Waals surface area contributed by atoms with Crippen molar-refractivity contribution in [2.75, 3.05) is 6.61 Å². The van der Waals surface area contributed by atoms with Gasteiger partial charge in [-0.15, -0.1) is 0 Å². The summed E-state index contributed by atoms with van der Waals surface area (Å²) in [6, 6.07) is 0.353. The third-order valence-corrected chi connectivity index (χ3v) is 4.79. The first kappa shape index (κ1) is 11.9. The molecule has 0 aromatic carbocycles. The summed E-state index contributed by atoms with van der Waals surface area (Å²) in [5.41, 5.74) is 6.33. The maximum Gasteiger partial charge on any atom is 0.0623 e. The van der Waals surface area contributed by atoms with Gasteiger partial charge in [0.1, 0.15) is 0 Å². The molecule has 17 heavy (non-hydrogen) atoms. The van der Waals surface area contributed by atoms with Gasteiger partial charge in [0.2, 0.25) is 0 Å². The lowest BCUT2D eigenvalue weighted by atomic mass is 9.82. The van der Waals surface area contributed by atoms with Crippen molar-refractivity contribution in [2.24, 2.45) is 11.7 Å². The van der Waals surface area contributed by atoms with Gasteiger partial charge in [-0.05, 0) is 51.4 Å². The van der Waals surface area contributed by atoms with E-state index in [0.717, 1.165) is 13.0 Å². The number of hydrogen-bond donors (Lipinski definition) is 1. The lowest BCUT2D eigenvalue weighted by Gasteiger charge is -2.25. The highest BCUT2D eigenvalue weighted by Crippen LogP contribution is 2.40. The standard InChI is InChI=1S/C14H25NO2/c15-13(5-1-3-10-4-2-8-16-10)12-9-11-6-7-14(12)17-11/h10-14H,1-9,15H2. The molecule has 3 heteroatoms. The third kappa shape index (κ3) is 2.67. The van der Waals surface area contributed by atoms with E-state index in [4.69, 9.17) is 15.2 Å². The van der Waals surface area contributed by atoms with Crippen LogP contribution in [0.2, 0.25) is 0 Å². The van der Waals surface area contributed by atoms with Crippen LogP contribution >= 0.6 is 0 Å². The molecule has 0 amide bonds. The number of fused-ring (bicyclic) bond motifs is 2. The zero-order chi connectivity index (χ0) is 11.7. The van der Waals surface area contributed by atoms with Crippen molar-refractivity contribution in [3.8, 4) is 0 Å². The van der Waals surface area contributed by atoms with E-state index in [0.29, 0.717) is 30.3 Å². The first-order valence-electron chi connectivity index (χ1n) is 7.35. The molecule has 0 aromatic heterocycles. The second-order valence-electron chi connectivity index (χ2n) is 6.00. The molecule has 0 saturated carbocycles. The van der Waals surface area contributed by atoms with Gasteiger partial charge in [-0.3, -0.25) is 0 Å². The van der Waals surface area contributed by atoms with Gasteiger partial charge in [0, 0.05) is 18.6 Å². The minimum absolute atomic E-state index is 0.353. The molecular formula is C14H25NO2. The molecule has 3 heterocycles. The molecule has 0 radical (unpaired) electrons. The van der Waals surface area contributed by atoms with Crippen LogP contribution in [0.1, 0.15) is 51.4 Å². The van der Waals surface area contributed by atoms with E-state index in [9.17, 15) is 0 Å². The summed E-state index contributed by atoms with van der Waals surface area (Å²) in [6.07, 6.45) is 11.4. The maximum absolute atomic E-state index is 6.33. The van der Waals surface area contributed by atoms with Crippen LogP contribution in [-0.4, -0.2) is 31.0 Å². The normalized spacial score (nSPS) is 42.2. The lowest BCUT2D eigenvalue weighted by molar-refractivity contribution is 0.0856. The molecular weight excluding hydrogens is 214 g/mol. The van der Waals surface area contributed by atoms with E-state index in [-0.39, 0.29) is 0 Å². The molecule has 3 nitrogen and oxygen atoms in total. The summed E-state index contributed by atoms with van der Waals surface area (Å²) in [5, 5.41) is 0. The molecule has 3 aliphatic heterocycles. The fourth-order valence-corrected chi connectivity index (χ4v) is 3.79. The van der Waals surface area contributed by atoms with Gasteiger partial charge in [0.15, 0.2) is 0 Å². The van der Waals surface area contributed by atoms with Crippen LogP contribution < -0.4 is 5.73 Å². The van der Waals surface area contributed by atoms with E-state index in [2.05, 4.69) is 0 Å². The predicted octanol–water partition coefficient (Wildman–Crippen LogP) is 2.23. The Morgan fingerprint density at radius 1 is 1.24 bits per heavy atom. The Balaban J connectivity index is 1.37. The highest BCUT2D eigenvalue weighted by atomic mass is 16.5. The fourth-order valence-electron chi connectivity index (χ4n) is 3.79. The van der Waals surface area contributed by atoms with Crippen LogP contribution in [0.5, 0.6) is 0 Å². The number of ether oxygens (including phenoxy) is 2. The number of rotatable bonds is 5. The summed E-state index contributed by atoms with van der Waals surface area (Å²) in [6.45, 7) is 0.969. The Hall–Kier alpha value is -0.120. The van der Waals surface area contributed by atoms with E-state index < -0.39 is 0 Å². The molecule has 5 atom stereocenters. The largest absolute Gasteiger partial charge is 0.378 e. The molecule has 0 spiro atoms. The lowest BCUT2D eigenvalue weighted by Crippen LogP contribution is -2.36.